The second-order valence-electron chi connectivity index (χ2n) is 4.80. The second kappa shape index (κ2) is 4.58. The van der Waals surface area contributed by atoms with Crippen LogP contribution in [0.1, 0.15) is 27.2 Å². The Kier molecular flexibility index (Phi) is 3.84. The average Bonchev–Trinajstić information content (AvgIpc) is 2.43. The first-order chi connectivity index (χ1) is 6.83. The Balaban J connectivity index is 2.59. The van der Waals surface area contributed by atoms with Crippen LogP contribution >= 0.6 is 11.6 Å². The fourth-order valence-corrected chi connectivity index (χ4v) is 1.93. The molecule has 1 N–H and O–H groups in total. The van der Waals surface area contributed by atoms with Gasteiger partial charge in [-0.15, -0.1) is 11.6 Å². The number of aliphatic hydroxyl groups is 1. The van der Waals surface area contributed by atoms with Crippen molar-refractivity contribution in [2.75, 3.05) is 13.2 Å². The van der Waals surface area contributed by atoms with Gasteiger partial charge in [0.15, 0.2) is 0 Å². The Morgan fingerprint density at radius 3 is 2.67 bits per heavy atom. The summed E-state index contributed by atoms with van der Waals surface area (Å²) in [6, 6.07) is -0.206. The molecule has 0 radical (unpaired) electrons. The van der Waals surface area contributed by atoms with E-state index in [0.29, 0.717) is 13.0 Å². The summed E-state index contributed by atoms with van der Waals surface area (Å²) in [5.74, 6) is 0. The van der Waals surface area contributed by atoms with E-state index < -0.39 is 11.7 Å². The molecule has 0 bridgehead atoms. The first kappa shape index (κ1) is 12.6. The minimum Gasteiger partial charge on any atom is -0.444 e. The van der Waals surface area contributed by atoms with Gasteiger partial charge < -0.3 is 14.7 Å². The van der Waals surface area contributed by atoms with Gasteiger partial charge in [-0.25, -0.2) is 4.79 Å². The maximum atomic E-state index is 11.7. The number of nitrogens with zero attached hydrogens (tertiary/aromatic N) is 1. The van der Waals surface area contributed by atoms with Gasteiger partial charge in [-0.1, -0.05) is 0 Å². The van der Waals surface area contributed by atoms with E-state index in [1.807, 2.05) is 20.8 Å². The van der Waals surface area contributed by atoms with Crippen LogP contribution in [0.25, 0.3) is 0 Å². The van der Waals surface area contributed by atoms with E-state index >= 15 is 0 Å². The van der Waals surface area contributed by atoms with Crippen LogP contribution in [-0.2, 0) is 4.74 Å². The third-order valence-corrected chi connectivity index (χ3v) is 2.52. The van der Waals surface area contributed by atoms with Gasteiger partial charge in [0.05, 0.1) is 18.0 Å². The average molecular weight is 236 g/mol. The Labute approximate surface area is 95.2 Å². The monoisotopic (exact) mass is 235 g/mol. The van der Waals surface area contributed by atoms with Crippen molar-refractivity contribution in [2.45, 2.75) is 44.2 Å². The van der Waals surface area contributed by atoms with E-state index in [1.54, 1.807) is 0 Å². The predicted octanol–water partition coefficient (Wildman–Crippen LogP) is 1.60. The highest BCUT2D eigenvalue weighted by Crippen LogP contribution is 2.23. The summed E-state index contributed by atoms with van der Waals surface area (Å²) in [5.41, 5.74) is -0.512. The van der Waals surface area contributed by atoms with Gasteiger partial charge in [0, 0.05) is 6.54 Å². The highest BCUT2D eigenvalue weighted by Gasteiger charge is 2.36. The van der Waals surface area contributed by atoms with Gasteiger partial charge in [-0.05, 0) is 27.2 Å². The molecule has 1 rings (SSSR count). The van der Waals surface area contributed by atoms with E-state index in [4.69, 9.17) is 21.4 Å². The smallest absolute Gasteiger partial charge is 0.410 e. The fraction of sp³-hybridized carbons (Fsp3) is 0.900. The van der Waals surface area contributed by atoms with Crippen LogP contribution in [-0.4, -0.2) is 46.3 Å². The number of carbonyl (C=O) groups is 1. The van der Waals surface area contributed by atoms with Crippen LogP contribution in [0, 0.1) is 0 Å². The van der Waals surface area contributed by atoms with E-state index in [-0.39, 0.29) is 18.0 Å². The zero-order valence-corrected chi connectivity index (χ0v) is 10.1. The summed E-state index contributed by atoms with van der Waals surface area (Å²) in [5, 5.41) is 9.01. The number of alkyl halides is 1. The number of ether oxygens (including phenoxy) is 1. The summed E-state index contributed by atoms with van der Waals surface area (Å²) < 4.78 is 5.22. The fourth-order valence-electron chi connectivity index (χ4n) is 1.58. The third-order valence-electron chi connectivity index (χ3n) is 2.20. The number of hydrogen-bond donors (Lipinski definition) is 1. The lowest BCUT2D eigenvalue weighted by Crippen LogP contribution is -2.41. The molecule has 4 nitrogen and oxygen atoms in total. The van der Waals surface area contributed by atoms with Crippen LogP contribution in [0.3, 0.4) is 0 Å². The molecule has 1 fully saturated rings. The maximum absolute atomic E-state index is 11.7. The third kappa shape index (κ3) is 3.54. The van der Waals surface area contributed by atoms with Crippen LogP contribution < -0.4 is 0 Å². The highest BCUT2D eigenvalue weighted by atomic mass is 35.5. The number of halogens is 1. The summed E-state index contributed by atoms with van der Waals surface area (Å²) in [6.45, 7) is 5.82. The number of hydrogen-bond acceptors (Lipinski definition) is 3. The van der Waals surface area contributed by atoms with Crippen LogP contribution in [0.15, 0.2) is 0 Å². The SMILES string of the molecule is CC(C)(C)OC(=O)N1CC(Cl)CC1CO. The largest absolute Gasteiger partial charge is 0.444 e. The molecular weight excluding hydrogens is 218 g/mol. The number of amides is 1. The van der Waals surface area contributed by atoms with Crippen molar-refractivity contribution in [3.8, 4) is 0 Å². The molecule has 0 saturated carbocycles. The number of likely N-dealkylation sites (tertiary alicyclic amines) is 1. The van der Waals surface area contributed by atoms with Crippen molar-refractivity contribution in [2.24, 2.45) is 0 Å². The molecule has 0 aromatic heterocycles. The zero-order valence-electron chi connectivity index (χ0n) is 9.36. The Hall–Kier alpha value is -0.480. The molecule has 1 aliphatic rings. The van der Waals surface area contributed by atoms with Crippen molar-refractivity contribution in [3.05, 3.63) is 0 Å². The molecule has 1 saturated heterocycles. The van der Waals surface area contributed by atoms with E-state index in [0.717, 1.165) is 0 Å². The van der Waals surface area contributed by atoms with Crippen LogP contribution in [0.5, 0.6) is 0 Å². The summed E-state index contributed by atoms with van der Waals surface area (Å²) in [6.07, 6.45) is 0.224. The molecule has 5 heteroatoms. The van der Waals surface area contributed by atoms with Crippen molar-refractivity contribution >= 4 is 17.7 Å². The molecule has 0 spiro atoms. The molecule has 0 aromatic carbocycles. The van der Waals surface area contributed by atoms with Gasteiger partial charge in [0.2, 0.25) is 0 Å². The lowest BCUT2D eigenvalue weighted by atomic mass is 10.2. The highest BCUT2D eigenvalue weighted by molar-refractivity contribution is 6.21. The molecule has 15 heavy (non-hydrogen) atoms. The standard InChI is InChI=1S/C10H18ClNO3/c1-10(2,3)15-9(14)12-5-7(11)4-8(12)6-13/h7-8,13H,4-6H2,1-3H3. The second-order valence-corrected chi connectivity index (χ2v) is 5.42. The van der Waals surface area contributed by atoms with Crippen molar-refractivity contribution in [1.82, 2.24) is 4.90 Å². The summed E-state index contributed by atoms with van der Waals surface area (Å²) >= 11 is 5.94. The maximum Gasteiger partial charge on any atom is 0.410 e. The van der Waals surface area contributed by atoms with Crippen LogP contribution in [0.2, 0.25) is 0 Å². The molecule has 0 aromatic rings. The molecule has 1 amide bonds. The normalized spacial score (nSPS) is 26.9. The number of aliphatic hydroxyl groups excluding tert-OH is 1. The molecular formula is C10H18ClNO3. The molecule has 88 valence electrons. The van der Waals surface area contributed by atoms with E-state index in [2.05, 4.69) is 0 Å². The lowest BCUT2D eigenvalue weighted by molar-refractivity contribution is 0.0176. The topological polar surface area (TPSA) is 49.8 Å². The Bertz CT molecular complexity index is 239. The first-order valence-corrected chi connectivity index (χ1v) is 5.51. The van der Waals surface area contributed by atoms with E-state index in [9.17, 15) is 4.79 Å². The number of rotatable bonds is 1. The van der Waals surface area contributed by atoms with Gasteiger partial charge in [-0.2, -0.15) is 0 Å². The summed E-state index contributed by atoms with van der Waals surface area (Å²) in [7, 11) is 0. The van der Waals surface area contributed by atoms with Gasteiger partial charge in [0.25, 0.3) is 0 Å². The Morgan fingerprint density at radius 1 is 1.60 bits per heavy atom. The number of carbonyl (C=O) groups excluding carboxylic acids is 1. The zero-order chi connectivity index (χ0) is 11.6. The van der Waals surface area contributed by atoms with Crippen molar-refractivity contribution < 1.29 is 14.6 Å². The lowest BCUT2D eigenvalue weighted by Gasteiger charge is -2.27. The minimum atomic E-state index is -0.512. The van der Waals surface area contributed by atoms with Crippen molar-refractivity contribution in [3.63, 3.8) is 0 Å². The predicted molar refractivity (Wildman–Crippen MR) is 58.1 cm³/mol. The molecule has 0 aliphatic carbocycles. The Morgan fingerprint density at radius 2 is 2.20 bits per heavy atom. The molecule has 1 heterocycles. The van der Waals surface area contributed by atoms with E-state index in [1.165, 1.54) is 4.90 Å². The summed E-state index contributed by atoms with van der Waals surface area (Å²) in [4.78, 5) is 13.2. The quantitative estimate of drug-likeness (QED) is 0.703. The van der Waals surface area contributed by atoms with Gasteiger partial charge in [0.1, 0.15) is 5.60 Å². The first-order valence-electron chi connectivity index (χ1n) is 5.08. The van der Waals surface area contributed by atoms with Crippen LogP contribution in [0.4, 0.5) is 4.79 Å². The molecule has 1 aliphatic heterocycles. The molecule has 2 unspecified atom stereocenters. The van der Waals surface area contributed by atoms with Crippen molar-refractivity contribution in [1.29, 1.82) is 0 Å². The molecule has 2 atom stereocenters. The van der Waals surface area contributed by atoms with Gasteiger partial charge >= 0.3 is 6.09 Å². The van der Waals surface area contributed by atoms with Gasteiger partial charge in [-0.3, -0.25) is 0 Å². The minimum absolute atomic E-state index is 0.0670.